The smallest absolute Gasteiger partial charge is 0.373 e. The molecule has 24 heavy (non-hydrogen) atoms. The molecule has 0 unspecified atom stereocenters. The number of benzene rings is 2. The van der Waals surface area contributed by atoms with Crippen LogP contribution in [0, 0.1) is 0 Å². The van der Waals surface area contributed by atoms with Crippen LogP contribution in [-0.2, 0) is 20.9 Å². The molecule has 2 rings (SSSR count). The normalized spacial score (nSPS) is 11.0. The Morgan fingerprint density at radius 1 is 1.08 bits per heavy atom. The molecular formula is C19H19NO4. The number of carbonyl (C=O) groups is 2. The highest BCUT2D eigenvalue weighted by molar-refractivity contribution is 5.96. The predicted molar refractivity (Wildman–Crippen MR) is 91.1 cm³/mol. The number of likely N-dealkylation sites (N-methyl/N-ethyl adjacent to an activating group) is 1. The van der Waals surface area contributed by atoms with Crippen molar-refractivity contribution in [1.29, 1.82) is 0 Å². The number of aliphatic hydroxyl groups is 1. The molecule has 0 spiro atoms. The van der Waals surface area contributed by atoms with Crippen LogP contribution < -0.4 is 0 Å². The van der Waals surface area contributed by atoms with Crippen LogP contribution >= 0.6 is 0 Å². The zero-order chi connectivity index (χ0) is 17.5. The predicted octanol–water partition coefficient (Wildman–Crippen LogP) is 2.93. The van der Waals surface area contributed by atoms with E-state index in [0.717, 1.165) is 29.9 Å². The Morgan fingerprint density at radius 2 is 1.75 bits per heavy atom. The fraction of sp³-hybridized carbons (Fsp3) is 0.158. The second-order valence-electron chi connectivity index (χ2n) is 5.28. The van der Waals surface area contributed by atoms with E-state index in [2.05, 4.69) is 4.74 Å². The highest BCUT2D eigenvalue weighted by Gasteiger charge is 2.13. The maximum absolute atomic E-state index is 12.0. The van der Waals surface area contributed by atoms with Crippen LogP contribution in [-0.4, -0.2) is 36.0 Å². The van der Waals surface area contributed by atoms with Crippen molar-refractivity contribution in [3.8, 4) is 11.1 Å². The number of amides is 1. The van der Waals surface area contributed by atoms with Crippen molar-refractivity contribution in [2.45, 2.75) is 6.54 Å². The number of esters is 1. The van der Waals surface area contributed by atoms with Gasteiger partial charge in [-0.2, -0.15) is 0 Å². The summed E-state index contributed by atoms with van der Waals surface area (Å²) in [5.41, 5.74) is 3.09. The molecule has 0 bridgehead atoms. The minimum atomic E-state index is -0.942. The summed E-state index contributed by atoms with van der Waals surface area (Å²) in [7, 11) is 2.73. The van der Waals surface area contributed by atoms with Crippen molar-refractivity contribution in [1.82, 2.24) is 4.90 Å². The van der Waals surface area contributed by atoms with E-state index in [9.17, 15) is 14.7 Å². The minimum Gasteiger partial charge on any atom is -0.502 e. The van der Waals surface area contributed by atoms with Gasteiger partial charge >= 0.3 is 5.97 Å². The van der Waals surface area contributed by atoms with Gasteiger partial charge in [0.05, 0.1) is 13.2 Å². The first-order valence-corrected chi connectivity index (χ1v) is 7.39. The van der Waals surface area contributed by atoms with E-state index in [1.165, 1.54) is 4.90 Å². The summed E-state index contributed by atoms with van der Waals surface area (Å²) < 4.78 is 4.35. The molecule has 0 fully saturated rings. The van der Waals surface area contributed by atoms with Gasteiger partial charge in [0, 0.05) is 13.6 Å². The zero-order valence-corrected chi connectivity index (χ0v) is 13.6. The minimum absolute atomic E-state index is 0.352. The van der Waals surface area contributed by atoms with Gasteiger partial charge in [-0.15, -0.1) is 0 Å². The van der Waals surface area contributed by atoms with Crippen molar-refractivity contribution < 1.29 is 19.4 Å². The third-order valence-electron chi connectivity index (χ3n) is 3.48. The number of methoxy groups -OCH3 is 1. The summed E-state index contributed by atoms with van der Waals surface area (Å²) >= 11 is 0. The van der Waals surface area contributed by atoms with E-state index in [-0.39, 0.29) is 0 Å². The molecule has 1 N–H and O–H groups in total. The molecule has 0 saturated heterocycles. The molecule has 0 aliphatic rings. The monoisotopic (exact) mass is 325 g/mol. The van der Waals surface area contributed by atoms with E-state index in [0.29, 0.717) is 6.54 Å². The second kappa shape index (κ2) is 7.97. The molecule has 0 saturated carbocycles. The first kappa shape index (κ1) is 17.3. The van der Waals surface area contributed by atoms with Crippen LogP contribution in [0.5, 0.6) is 0 Å². The molecule has 5 heteroatoms. The second-order valence-corrected chi connectivity index (χ2v) is 5.28. The van der Waals surface area contributed by atoms with Gasteiger partial charge in [-0.25, -0.2) is 4.79 Å². The van der Waals surface area contributed by atoms with Crippen LogP contribution in [0.25, 0.3) is 11.1 Å². The third kappa shape index (κ3) is 4.46. The van der Waals surface area contributed by atoms with E-state index in [1.807, 2.05) is 54.6 Å². The number of hydrogen-bond acceptors (Lipinski definition) is 4. The van der Waals surface area contributed by atoms with E-state index < -0.39 is 17.6 Å². The first-order chi connectivity index (χ1) is 11.5. The van der Waals surface area contributed by atoms with Crippen molar-refractivity contribution in [3.63, 3.8) is 0 Å². The van der Waals surface area contributed by atoms with Crippen LogP contribution in [0.2, 0.25) is 0 Å². The molecule has 5 nitrogen and oxygen atoms in total. The summed E-state index contributed by atoms with van der Waals surface area (Å²) in [5, 5.41) is 9.43. The van der Waals surface area contributed by atoms with E-state index in [1.54, 1.807) is 7.05 Å². The lowest BCUT2D eigenvalue weighted by molar-refractivity contribution is -0.139. The van der Waals surface area contributed by atoms with Crippen LogP contribution in [0.1, 0.15) is 5.56 Å². The van der Waals surface area contributed by atoms with E-state index in [4.69, 9.17) is 0 Å². The fourth-order valence-corrected chi connectivity index (χ4v) is 2.22. The molecule has 0 atom stereocenters. The summed E-state index contributed by atoms with van der Waals surface area (Å²) in [4.78, 5) is 24.5. The average Bonchev–Trinajstić information content (AvgIpc) is 2.61. The van der Waals surface area contributed by atoms with Crippen molar-refractivity contribution in [2.75, 3.05) is 14.2 Å². The topological polar surface area (TPSA) is 66.8 Å². The van der Waals surface area contributed by atoms with Gasteiger partial charge in [0.2, 0.25) is 5.76 Å². The van der Waals surface area contributed by atoms with E-state index >= 15 is 0 Å². The van der Waals surface area contributed by atoms with Crippen molar-refractivity contribution in [3.05, 3.63) is 72.0 Å². The summed E-state index contributed by atoms with van der Waals surface area (Å²) in [6.07, 6.45) is 0.854. The van der Waals surface area contributed by atoms with Gasteiger partial charge in [0.15, 0.2) is 0 Å². The molecular weight excluding hydrogens is 306 g/mol. The lowest BCUT2D eigenvalue weighted by atomic mass is 10.0. The Bertz CT molecular complexity index is 753. The molecule has 0 heterocycles. The lowest BCUT2D eigenvalue weighted by Crippen LogP contribution is -2.25. The van der Waals surface area contributed by atoms with Gasteiger partial charge in [0.1, 0.15) is 0 Å². The Balaban J connectivity index is 2.11. The number of hydrogen-bond donors (Lipinski definition) is 1. The Hall–Kier alpha value is -3.08. The van der Waals surface area contributed by atoms with Crippen molar-refractivity contribution in [2.24, 2.45) is 0 Å². The first-order valence-electron chi connectivity index (χ1n) is 7.39. The standard InChI is InChI=1S/C19H19NO4/c1-20(18(22)12-17(21)19(23)24-2)13-14-7-6-10-16(11-14)15-8-4-3-5-9-15/h3-12,21H,13H2,1-2H3/b17-12-. The van der Waals surface area contributed by atoms with Gasteiger partial charge < -0.3 is 14.7 Å². The fourth-order valence-electron chi connectivity index (χ4n) is 2.22. The zero-order valence-electron chi connectivity index (χ0n) is 13.6. The average molecular weight is 325 g/mol. The highest BCUT2D eigenvalue weighted by Crippen LogP contribution is 2.20. The molecule has 0 aliphatic heterocycles. The highest BCUT2D eigenvalue weighted by atomic mass is 16.5. The number of carbonyl (C=O) groups excluding carboxylic acids is 2. The van der Waals surface area contributed by atoms with Gasteiger partial charge in [-0.3, -0.25) is 4.79 Å². The molecule has 2 aromatic carbocycles. The number of rotatable bonds is 5. The summed E-state index contributed by atoms with van der Waals surface area (Å²) in [6.45, 7) is 0.352. The quantitative estimate of drug-likeness (QED) is 0.521. The number of nitrogens with zero attached hydrogens (tertiary/aromatic N) is 1. The van der Waals surface area contributed by atoms with Gasteiger partial charge in [-0.05, 0) is 22.8 Å². The Morgan fingerprint density at radius 3 is 2.42 bits per heavy atom. The Kier molecular flexibility index (Phi) is 5.73. The molecule has 0 aliphatic carbocycles. The van der Waals surface area contributed by atoms with Gasteiger partial charge in [-0.1, -0.05) is 48.5 Å². The largest absolute Gasteiger partial charge is 0.502 e. The maximum atomic E-state index is 12.0. The SMILES string of the molecule is COC(=O)/C(O)=C/C(=O)N(C)Cc1cccc(-c2ccccc2)c1. The summed E-state index contributed by atoms with van der Waals surface area (Å²) in [6, 6.07) is 17.8. The molecule has 124 valence electrons. The number of aliphatic hydroxyl groups excluding tert-OH is 1. The molecule has 1 amide bonds. The van der Waals surface area contributed by atoms with Crippen LogP contribution in [0.4, 0.5) is 0 Å². The number of ether oxygens (including phenoxy) is 1. The van der Waals surface area contributed by atoms with Crippen LogP contribution in [0.15, 0.2) is 66.4 Å². The maximum Gasteiger partial charge on any atom is 0.373 e. The Labute approximate surface area is 140 Å². The van der Waals surface area contributed by atoms with Crippen LogP contribution in [0.3, 0.4) is 0 Å². The van der Waals surface area contributed by atoms with Gasteiger partial charge in [0.25, 0.3) is 5.91 Å². The van der Waals surface area contributed by atoms with Crippen molar-refractivity contribution >= 4 is 11.9 Å². The lowest BCUT2D eigenvalue weighted by Gasteiger charge is -2.16. The molecule has 0 radical (unpaired) electrons. The molecule has 2 aromatic rings. The molecule has 0 aromatic heterocycles. The summed E-state index contributed by atoms with van der Waals surface area (Å²) in [5.74, 6) is -2.14. The third-order valence-corrected chi connectivity index (χ3v) is 3.48.